The Morgan fingerprint density at radius 2 is 1.74 bits per heavy atom. The van der Waals surface area contributed by atoms with Gasteiger partial charge in [0, 0.05) is 23.5 Å². The molecule has 1 heterocycles. The van der Waals surface area contributed by atoms with E-state index in [0.717, 1.165) is 27.8 Å². The van der Waals surface area contributed by atoms with Crippen LogP contribution in [-0.4, -0.2) is 36.0 Å². The van der Waals surface area contributed by atoms with E-state index in [1.54, 1.807) is 24.3 Å². The van der Waals surface area contributed by atoms with Crippen molar-refractivity contribution in [2.45, 2.75) is 19.4 Å². The molecule has 3 aromatic carbocycles. The number of benzene rings is 3. The number of carbonyl (C=O) groups is 2. The van der Waals surface area contributed by atoms with E-state index in [-0.39, 0.29) is 5.91 Å². The van der Waals surface area contributed by atoms with Crippen LogP contribution in [0.2, 0.25) is 5.02 Å². The van der Waals surface area contributed by atoms with Gasteiger partial charge in [0.2, 0.25) is 5.91 Å². The highest BCUT2D eigenvalue weighted by Crippen LogP contribution is 2.20. The summed E-state index contributed by atoms with van der Waals surface area (Å²) in [6, 6.07) is 21.5. The van der Waals surface area contributed by atoms with Gasteiger partial charge in [-0.3, -0.25) is 9.59 Å². The summed E-state index contributed by atoms with van der Waals surface area (Å²) in [6.45, 7) is 2.63. The molecule has 0 spiro atoms. The number of rotatable bonds is 9. The number of para-hydroxylation sites is 1. The van der Waals surface area contributed by atoms with E-state index < -0.39 is 11.9 Å². The monoisotopic (exact) mass is 475 g/mol. The molecule has 174 valence electrons. The number of amides is 2. The van der Waals surface area contributed by atoms with Gasteiger partial charge in [-0.1, -0.05) is 59.6 Å². The van der Waals surface area contributed by atoms with Gasteiger partial charge in [-0.25, -0.2) is 0 Å². The smallest absolute Gasteiger partial charge is 0.253 e. The molecule has 0 saturated heterocycles. The van der Waals surface area contributed by atoms with E-state index in [9.17, 15) is 9.59 Å². The summed E-state index contributed by atoms with van der Waals surface area (Å²) >= 11 is 6.19. The molecule has 0 aliphatic rings. The van der Waals surface area contributed by atoms with Crippen molar-refractivity contribution in [2.24, 2.45) is 0 Å². The number of aryl methyl sites for hydroxylation is 1. The van der Waals surface area contributed by atoms with Crippen molar-refractivity contribution in [2.75, 3.05) is 13.2 Å². The van der Waals surface area contributed by atoms with Gasteiger partial charge in [0.1, 0.15) is 18.4 Å². The van der Waals surface area contributed by atoms with Crippen LogP contribution >= 0.6 is 11.6 Å². The highest BCUT2D eigenvalue weighted by atomic mass is 35.5. The van der Waals surface area contributed by atoms with E-state index in [1.807, 2.05) is 61.7 Å². The van der Waals surface area contributed by atoms with E-state index in [0.29, 0.717) is 30.2 Å². The number of H-pyrrole nitrogens is 1. The summed E-state index contributed by atoms with van der Waals surface area (Å²) in [5.74, 6) is 0.0434. The predicted octanol–water partition coefficient (Wildman–Crippen LogP) is 4.67. The van der Waals surface area contributed by atoms with Gasteiger partial charge < -0.3 is 20.4 Å². The minimum atomic E-state index is -0.789. The van der Waals surface area contributed by atoms with Crippen LogP contribution in [0, 0.1) is 6.92 Å². The largest absolute Gasteiger partial charge is 0.492 e. The van der Waals surface area contributed by atoms with Crippen molar-refractivity contribution >= 4 is 34.3 Å². The van der Waals surface area contributed by atoms with E-state index in [4.69, 9.17) is 16.3 Å². The molecule has 0 bridgehead atoms. The lowest BCUT2D eigenvalue weighted by Gasteiger charge is -2.19. The molecule has 0 fully saturated rings. The van der Waals surface area contributed by atoms with Crippen molar-refractivity contribution in [1.29, 1.82) is 0 Å². The van der Waals surface area contributed by atoms with Gasteiger partial charge in [0.25, 0.3) is 5.91 Å². The zero-order valence-corrected chi connectivity index (χ0v) is 19.6. The average molecular weight is 476 g/mol. The Balaban J connectivity index is 1.44. The van der Waals surface area contributed by atoms with Crippen molar-refractivity contribution < 1.29 is 14.3 Å². The second-order valence-electron chi connectivity index (χ2n) is 8.02. The quantitative estimate of drug-likeness (QED) is 0.308. The van der Waals surface area contributed by atoms with Crippen LogP contribution in [-0.2, 0) is 11.2 Å². The first-order chi connectivity index (χ1) is 16.5. The van der Waals surface area contributed by atoms with Crippen molar-refractivity contribution in [3.8, 4) is 5.75 Å². The van der Waals surface area contributed by atoms with Crippen molar-refractivity contribution in [3.63, 3.8) is 0 Å². The lowest BCUT2D eigenvalue weighted by atomic mass is 10.0. The first kappa shape index (κ1) is 23.4. The number of hydrogen-bond acceptors (Lipinski definition) is 3. The van der Waals surface area contributed by atoms with E-state index in [1.165, 1.54) is 0 Å². The highest BCUT2D eigenvalue weighted by Gasteiger charge is 2.24. The zero-order valence-electron chi connectivity index (χ0n) is 18.8. The second kappa shape index (κ2) is 10.9. The molecule has 1 aromatic heterocycles. The first-order valence-corrected chi connectivity index (χ1v) is 11.5. The molecule has 0 aliphatic heterocycles. The Morgan fingerprint density at radius 3 is 2.53 bits per heavy atom. The van der Waals surface area contributed by atoms with Gasteiger partial charge in [0.05, 0.1) is 17.1 Å². The van der Waals surface area contributed by atoms with Crippen molar-refractivity contribution in [3.05, 3.63) is 101 Å². The van der Waals surface area contributed by atoms with Gasteiger partial charge in [-0.15, -0.1) is 0 Å². The molecule has 7 heteroatoms. The number of nitrogens with one attached hydrogen (secondary N) is 3. The molecular weight excluding hydrogens is 450 g/mol. The van der Waals surface area contributed by atoms with Gasteiger partial charge in [-0.2, -0.15) is 0 Å². The molecule has 2 amide bonds. The van der Waals surface area contributed by atoms with Gasteiger partial charge >= 0.3 is 0 Å². The van der Waals surface area contributed by atoms with Gasteiger partial charge in [-0.05, 0) is 42.8 Å². The van der Waals surface area contributed by atoms with E-state index >= 15 is 0 Å². The maximum atomic E-state index is 13.1. The number of halogens is 1. The summed E-state index contributed by atoms with van der Waals surface area (Å²) in [5.41, 5.74) is 3.38. The normalized spacial score (nSPS) is 11.7. The molecule has 1 atom stereocenters. The highest BCUT2D eigenvalue weighted by molar-refractivity contribution is 6.33. The number of aromatic nitrogens is 1. The Hall–Kier alpha value is -3.77. The molecule has 3 N–H and O–H groups in total. The van der Waals surface area contributed by atoms with Crippen LogP contribution in [0.15, 0.2) is 79.0 Å². The van der Waals surface area contributed by atoms with Crippen LogP contribution in [0.4, 0.5) is 0 Å². The maximum Gasteiger partial charge on any atom is 0.253 e. The van der Waals surface area contributed by atoms with Crippen LogP contribution in [0.3, 0.4) is 0 Å². The fraction of sp³-hybridized carbons (Fsp3) is 0.185. The molecule has 0 unspecified atom stereocenters. The Labute approximate surface area is 203 Å². The molecule has 0 radical (unpaired) electrons. The summed E-state index contributed by atoms with van der Waals surface area (Å²) in [4.78, 5) is 29.2. The fourth-order valence-electron chi connectivity index (χ4n) is 3.71. The standard InChI is InChI=1S/C27H26ClN3O3/c1-18-10-12-20(13-11-18)34-15-14-29-27(33)25(31-26(32)22-7-2-4-8-23(22)28)16-19-17-30-24-9-5-3-6-21(19)24/h2-13,17,25,30H,14-16H2,1H3,(H,29,33)(H,31,32)/t25-/m1/s1. The molecule has 0 saturated carbocycles. The summed E-state index contributed by atoms with van der Waals surface area (Å²) < 4.78 is 5.70. The number of hydrogen-bond donors (Lipinski definition) is 3. The molecule has 6 nitrogen and oxygen atoms in total. The third kappa shape index (κ3) is 5.77. The van der Waals surface area contributed by atoms with Crippen molar-refractivity contribution in [1.82, 2.24) is 15.6 Å². The summed E-state index contributed by atoms with van der Waals surface area (Å²) in [6.07, 6.45) is 2.19. The topological polar surface area (TPSA) is 83.2 Å². The minimum Gasteiger partial charge on any atom is -0.492 e. The molecule has 0 aliphatic carbocycles. The molecular formula is C27H26ClN3O3. The Morgan fingerprint density at radius 1 is 1.00 bits per heavy atom. The number of fused-ring (bicyclic) bond motifs is 1. The van der Waals surface area contributed by atoms with Gasteiger partial charge in [0.15, 0.2) is 0 Å². The third-order valence-electron chi connectivity index (χ3n) is 5.53. The second-order valence-corrected chi connectivity index (χ2v) is 8.43. The maximum absolute atomic E-state index is 13.1. The first-order valence-electron chi connectivity index (χ1n) is 11.1. The molecule has 34 heavy (non-hydrogen) atoms. The number of aromatic amines is 1. The number of ether oxygens (including phenoxy) is 1. The van der Waals surface area contributed by atoms with E-state index in [2.05, 4.69) is 15.6 Å². The van der Waals surface area contributed by atoms with Crippen LogP contribution in [0.1, 0.15) is 21.5 Å². The number of carbonyl (C=O) groups excluding carboxylic acids is 2. The predicted molar refractivity (Wildman–Crippen MR) is 134 cm³/mol. The lowest BCUT2D eigenvalue weighted by Crippen LogP contribution is -2.48. The third-order valence-corrected chi connectivity index (χ3v) is 5.86. The van der Waals surface area contributed by atoms with Crippen LogP contribution in [0.5, 0.6) is 5.75 Å². The lowest BCUT2D eigenvalue weighted by molar-refractivity contribution is -0.123. The SMILES string of the molecule is Cc1ccc(OCCNC(=O)[C@@H](Cc2c[nH]c3ccccc23)NC(=O)c2ccccc2Cl)cc1. The average Bonchev–Trinajstić information content (AvgIpc) is 3.25. The Kier molecular flexibility index (Phi) is 7.50. The molecule has 4 rings (SSSR count). The minimum absolute atomic E-state index is 0.293. The zero-order chi connectivity index (χ0) is 23.9. The fourth-order valence-corrected chi connectivity index (χ4v) is 3.93. The Bertz CT molecular complexity index is 1280. The summed E-state index contributed by atoms with van der Waals surface area (Å²) in [5, 5.41) is 7.07. The van der Waals surface area contributed by atoms with Crippen LogP contribution < -0.4 is 15.4 Å². The van der Waals surface area contributed by atoms with Crippen LogP contribution in [0.25, 0.3) is 10.9 Å². The summed E-state index contributed by atoms with van der Waals surface area (Å²) in [7, 11) is 0. The molecule has 4 aromatic rings.